The zero-order valence-electron chi connectivity index (χ0n) is 13.5. The van der Waals surface area contributed by atoms with E-state index in [0.29, 0.717) is 16.9 Å². The second-order valence-corrected chi connectivity index (χ2v) is 6.36. The average molecular weight is 338 g/mol. The molecule has 0 aliphatic heterocycles. The molecule has 1 saturated carbocycles. The van der Waals surface area contributed by atoms with Gasteiger partial charge in [-0.25, -0.2) is 14.6 Å². The fourth-order valence-electron chi connectivity index (χ4n) is 3.78. The molecule has 0 saturated heterocycles. The number of hydrogen-bond donors (Lipinski definition) is 3. The van der Waals surface area contributed by atoms with Crippen LogP contribution in [0.4, 0.5) is 0 Å². The van der Waals surface area contributed by atoms with E-state index in [4.69, 9.17) is 5.41 Å². The molecule has 4 rings (SSSR count). The van der Waals surface area contributed by atoms with Crippen LogP contribution in [0.5, 0.6) is 0 Å². The summed E-state index contributed by atoms with van der Waals surface area (Å²) in [7, 11) is 0. The summed E-state index contributed by atoms with van der Waals surface area (Å²) in [6, 6.07) is 1.17. The Morgan fingerprint density at radius 1 is 1.36 bits per heavy atom. The van der Waals surface area contributed by atoms with E-state index in [1.807, 2.05) is 6.07 Å². The molecule has 128 valence electrons. The van der Waals surface area contributed by atoms with Gasteiger partial charge < -0.3 is 15.5 Å². The van der Waals surface area contributed by atoms with Crippen LogP contribution in [0.15, 0.2) is 29.6 Å². The Hall–Kier alpha value is -3.03. The predicted octanol–water partition coefficient (Wildman–Crippen LogP) is 2.06. The first kappa shape index (κ1) is 15.5. The lowest BCUT2D eigenvalue weighted by molar-refractivity contribution is -0.117. The number of H-pyrrole nitrogens is 2. The molecule has 0 spiro atoms. The molecule has 25 heavy (non-hydrogen) atoms. The van der Waals surface area contributed by atoms with Crippen LogP contribution in [0.2, 0.25) is 0 Å². The summed E-state index contributed by atoms with van der Waals surface area (Å²) in [6.45, 7) is 0. The number of hydrogen-bond acceptors (Lipinski definition) is 5. The van der Waals surface area contributed by atoms with Gasteiger partial charge in [0.25, 0.3) is 5.56 Å². The third-order valence-corrected chi connectivity index (χ3v) is 4.96. The van der Waals surface area contributed by atoms with E-state index in [-0.39, 0.29) is 17.3 Å². The van der Waals surface area contributed by atoms with Gasteiger partial charge in [-0.2, -0.15) is 0 Å². The van der Waals surface area contributed by atoms with Gasteiger partial charge >= 0.3 is 0 Å². The number of carbonyl (C=O) groups is 1. The van der Waals surface area contributed by atoms with E-state index in [9.17, 15) is 9.59 Å². The van der Waals surface area contributed by atoms with Crippen molar-refractivity contribution in [1.82, 2.24) is 24.7 Å². The molecule has 0 radical (unpaired) electrons. The molecule has 1 aliphatic rings. The van der Waals surface area contributed by atoms with E-state index in [1.54, 1.807) is 12.4 Å². The lowest BCUT2D eigenvalue weighted by atomic mass is 9.95. The molecule has 3 N–H and O–H groups in total. The molecule has 0 bridgehead atoms. The minimum Gasteiger partial charge on any atom is -0.346 e. The highest BCUT2D eigenvalue weighted by Gasteiger charge is 2.33. The first-order chi connectivity index (χ1) is 12.2. The fourth-order valence-corrected chi connectivity index (χ4v) is 3.78. The lowest BCUT2D eigenvalue weighted by Gasteiger charge is -2.20. The Bertz CT molecular complexity index is 992. The normalized spacial score (nSPS) is 16.3. The Morgan fingerprint density at radius 2 is 2.16 bits per heavy atom. The van der Waals surface area contributed by atoms with Crippen molar-refractivity contribution in [3.8, 4) is 11.3 Å². The van der Waals surface area contributed by atoms with Crippen molar-refractivity contribution >= 4 is 23.0 Å². The summed E-state index contributed by atoms with van der Waals surface area (Å²) in [5.74, 6) is -0.271. The molecule has 3 aromatic heterocycles. The zero-order valence-corrected chi connectivity index (χ0v) is 13.5. The smallest absolute Gasteiger partial charge is 0.276 e. The maximum Gasteiger partial charge on any atom is 0.276 e. The Morgan fingerprint density at radius 3 is 2.92 bits per heavy atom. The van der Waals surface area contributed by atoms with Gasteiger partial charge in [-0.05, 0) is 24.8 Å². The van der Waals surface area contributed by atoms with Crippen LogP contribution < -0.4 is 5.56 Å². The van der Waals surface area contributed by atoms with Crippen LogP contribution >= 0.6 is 0 Å². The maximum atomic E-state index is 13.0. The summed E-state index contributed by atoms with van der Waals surface area (Å²) in [5, 5.41) is 11.0. The van der Waals surface area contributed by atoms with Crippen molar-refractivity contribution in [2.24, 2.45) is 5.92 Å². The van der Waals surface area contributed by atoms with Gasteiger partial charge in [-0.1, -0.05) is 12.8 Å². The molecule has 3 aromatic rings. The fraction of sp³-hybridized carbons (Fsp3) is 0.353. The standard InChI is InChI=1S/C17H18N6O2/c18-7-13(24)15(10-3-1-2-4-10)23-17(25)12(8-22-23)14-11-5-6-19-16(11)21-9-20-14/h5-10,15,18,22H,1-4H2,(H,19,20,21). The lowest BCUT2D eigenvalue weighted by Crippen LogP contribution is -2.34. The summed E-state index contributed by atoms with van der Waals surface area (Å²) >= 11 is 0. The number of fused-ring (bicyclic) bond motifs is 1. The number of aromatic nitrogens is 5. The molecule has 0 amide bonds. The molecular formula is C17H18N6O2. The van der Waals surface area contributed by atoms with Gasteiger partial charge in [0.05, 0.1) is 17.5 Å². The number of nitrogens with zero attached hydrogens (tertiary/aromatic N) is 3. The molecule has 1 aliphatic carbocycles. The highest BCUT2D eigenvalue weighted by molar-refractivity contribution is 6.28. The predicted molar refractivity (Wildman–Crippen MR) is 92.7 cm³/mol. The molecule has 0 aromatic carbocycles. The minimum atomic E-state index is -0.648. The highest BCUT2D eigenvalue weighted by atomic mass is 16.1. The molecule has 1 atom stereocenters. The number of rotatable bonds is 5. The number of Topliss-reactive ketones (excluding diaryl/α,β-unsaturated/α-hetero) is 1. The third-order valence-electron chi connectivity index (χ3n) is 4.96. The first-order valence-corrected chi connectivity index (χ1v) is 8.33. The van der Waals surface area contributed by atoms with Gasteiger partial charge in [0, 0.05) is 17.8 Å². The van der Waals surface area contributed by atoms with Crippen LogP contribution in [0.1, 0.15) is 31.7 Å². The average Bonchev–Trinajstić information content (AvgIpc) is 3.36. The maximum absolute atomic E-state index is 13.0. The van der Waals surface area contributed by atoms with Crippen molar-refractivity contribution in [3.63, 3.8) is 0 Å². The van der Waals surface area contributed by atoms with Gasteiger partial charge in [-0.15, -0.1) is 0 Å². The monoisotopic (exact) mass is 338 g/mol. The Kier molecular flexibility index (Phi) is 3.79. The van der Waals surface area contributed by atoms with Gasteiger partial charge in [0.1, 0.15) is 18.0 Å². The molecular weight excluding hydrogens is 320 g/mol. The second-order valence-electron chi connectivity index (χ2n) is 6.36. The summed E-state index contributed by atoms with van der Waals surface area (Å²) in [6.07, 6.45) is 9.41. The molecule has 8 nitrogen and oxygen atoms in total. The van der Waals surface area contributed by atoms with Crippen molar-refractivity contribution in [3.05, 3.63) is 35.1 Å². The second kappa shape index (κ2) is 6.12. The zero-order chi connectivity index (χ0) is 17.4. The van der Waals surface area contributed by atoms with E-state index in [1.165, 1.54) is 11.0 Å². The number of ketones is 1. The largest absolute Gasteiger partial charge is 0.346 e. The van der Waals surface area contributed by atoms with E-state index < -0.39 is 6.04 Å². The van der Waals surface area contributed by atoms with Crippen molar-refractivity contribution in [2.75, 3.05) is 0 Å². The quantitative estimate of drug-likeness (QED) is 0.617. The van der Waals surface area contributed by atoms with Crippen molar-refractivity contribution in [2.45, 2.75) is 31.7 Å². The minimum absolute atomic E-state index is 0.0796. The molecule has 1 fully saturated rings. The van der Waals surface area contributed by atoms with Crippen LogP contribution in [0.25, 0.3) is 22.3 Å². The van der Waals surface area contributed by atoms with Crippen molar-refractivity contribution in [1.29, 1.82) is 5.41 Å². The molecule has 1 unspecified atom stereocenters. The van der Waals surface area contributed by atoms with Crippen molar-refractivity contribution < 1.29 is 4.79 Å². The molecule has 8 heteroatoms. The number of nitrogens with one attached hydrogen (secondary N) is 3. The number of carbonyl (C=O) groups excluding carboxylic acids is 1. The van der Waals surface area contributed by atoms with Gasteiger partial charge in [0.2, 0.25) is 0 Å². The summed E-state index contributed by atoms with van der Waals surface area (Å²) in [5.41, 5.74) is 1.28. The summed E-state index contributed by atoms with van der Waals surface area (Å²) < 4.78 is 1.36. The van der Waals surface area contributed by atoms with Crippen LogP contribution in [0, 0.1) is 11.3 Å². The number of aromatic amines is 2. The first-order valence-electron chi connectivity index (χ1n) is 8.33. The van der Waals surface area contributed by atoms with Crippen LogP contribution in [-0.4, -0.2) is 36.7 Å². The SMILES string of the molecule is N=CC(=O)C(C1CCCC1)n1[nH]cc(-c2ncnc3[nH]ccc23)c1=O. The van der Waals surface area contributed by atoms with Crippen LogP contribution in [-0.2, 0) is 4.79 Å². The topological polar surface area (TPSA) is 120 Å². The van der Waals surface area contributed by atoms with E-state index >= 15 is 0 Å². The Labute approximate surface area is 142 Å². The summed E-state index contributed by atoms with van der Waals surface area (Å²) in [4.78, 5) is 36.7. The third kappa shape index (κ3) is 2.50. The van der Waals surface area contributed by atoms with E-state index in [2.05, 4.69) is 20.1 Å². The van der Waals surface area contributed by atoms with E-state index in [0.717, 1.165) is 37.3 Å². The Balaban J connectivity index is 1.82. The highest BCUT2D eigenvalue weighted by Crippen LogP contribution is 2.34. The molecule has 3 heterocycles. The van der Waals surface area contributed by atoms with Gasteiger partial charge in [0.15, 0.2) is 5.78 Å². The van der Waals surface area contributed by atoms with Gasteiger partial charge in [-0.3, -0.25) is 9.59 Å². The van der Waals surface area contributed by atoms with Crippen LogP contribution in [0.3, 0.4) is 0 Å².